The number of carbonyl (C=O) groups excluding carboxylic acids is 2. The van der Waals surface area contributed by atoms with Gasteiger partial charge in [0, 0.05) is 35.9 Å². The molecule has 3 amide bonds. The number of nitrogens with zero attached hydrogens (tertiary/aromatic N) is 4. The van der Waals surface area contributed by atoms with Gasteiger partial charge in [-0.05, 0) is 42.7 Å². The smallest absolute Gasteiger partial charge is 0.328 e. The van der Waals surface area contributed by atoms with E-state index in [2.05, 4.69) is 53.2 Å². The first-order chi connectivity index (χ1) is 15.7. The molecule has 3 aliphatic heterocycles. The first-order valence-electron chi connectivity index (χ1n) is 11.1. The number of aryl methyl sites for hydroxylation is 1. The van der Waals surface area contributed by atoms with Crippen molar-refractivity contribution in [1.82, 2.24) is 20.0 Å². The van der Waals surface area contributed by atoms with Crippen molar-refractivity contribution in [2.24, 2.45) is 5.92 Å². The molecule has 2 aromatic carbocycles. The lowest BCUT2D eigenvalue weighted by atomic mass is 10.0. The van der Waals surface area contributed by atoms with Crippen LogP contribution in [0.1, 0.15) is 18.1 Å². The van der Waals surface area contributed by atoms with Gasteiger partial charge in [0.2, 0.25) is 0 Å². The number of carbonyl (C=O) groups is 2. The molecule has 3 fully saturated rings. The minimum atomic E-state index is -0.473. The zero-order valence-electron chi connectivity index (χ0n) is 18.8. The second-order valence-corrected chi connectivity index (χ2v) is 10.1. The Morgan fingerprint density at radius 2 is 1.79 bits per heavy atom. The van der Waals surface area contributed by atoms with E-state index in [1.807, 2.05) is 0 Å². The average molecular weight is 488 g/mol. The lowest BCUT2D eigenvalue weighted by Gasteiger charge is -2.46. The molecular weight excluding hydrogens is 461 g/mol. The fourth-order valence-electron chi connectivity index (χ4n) is 5.12. The number of halogens is 2. The van der Waals surface area contributed by atoms with Gasteiger partial charge in [0.15, 0.2) is 0 Å². The molecule has 4 unspecified atom stereocenters. The maximum Gasteiger partial charge on any atom is 0.328 e. The summed E-state index contributed by atoms with van der Waals surface area (Å²) < 4.78 is 0. The van der Waals surface area contributed by atoms with Crippen LogP contribution in [0.4, 0.5) is 10.5 Å². The number of likely N-dealkylation sites (N-methyl/N-ethyl adjacent to an activating group) is 1. The highest BCUT2D eigenvalue weighted by atomic mass is 35.5. The third-order valence-corrected chi connectivity index (χ3v) is 7.38. The van der Waals surface area contributed by atoms with Crippen LogP contribution in [0.15, 0.2) is 42.5 Å². The largest absolute Gasteiger partial charge is 0.343 e. The lowest BCUT2D eigenvalue weighted by Crippen LogP contribution is -2.66. The van der Waals surface area contributed by atoms with Crippen molar-refractivity contribution in [2.45, 2.75) is 38.9 Å². The Hall–Kier alpha value is -2.32. The van der Waals surface area contributed by atoms with Gasteiger partial charge in [0.25, 0.3) is 5.91 Å². The zero-order valence-corrected chi connectivity index (χ0v) is 20.3. The molecule has 0 bridgehead atoms. The van der Waals surface area contributed by atoms with Crippen LogP contribution in [-0.4, -0.2) is 65.3 Å². The van der Waals surface area contributed by atoms with Crippen LogP contribution in [0, 0.1) is 12.8 Å². The monoisotopic (exact) mass is 487 g/mol. The van der Waals surface area contributed by atoms with E-state index in [-0.39, 0.29) is 24.8 Å². The molecule has 1 N–H and O–H groups in total. The summed E-state index contributed by atoms with van der Waals surface area (Å²) in [6.45, 7) is 6.00. The molecule has 0 saturated carbocycles. The molecule has 7 nitrogen and oxygen atoms in total. The van der Waals surface area contributed by atoms with Crippen molar-refractivity contribution in [3.05, 3.63) is 63.6 Å². The highest BCUT2D eigenvalue weighted by Crippen LogP contribution is 2.35. The van der Waals surface area contributed by atoms with Crippen molar-refractivity contribution in [2.75, 3.05) is 25.0 Å². The topological polar surface area (TPSA) is 59.1 Å². The number of rotatable bonds is 3. The van der Waals surface area contributed by atoms with Crippen LogP contribution in [0.2, 0.25) is 10.0 Å². The van der Waals surface area contributed by atoms with E-state index in [0.717, 1.165) is 18.8 Å². The summed E-state index contributed by atoms with van der Waals surface area (Å²) in [7, 11) is 1.74. The predicted octanol–water partition coefficient (Wildman–Crippen LogP) is 3.74. The molecule has 0 spiro atoms. The standard InChI is InChI=1S/C24H27Cl2N5O2/c1-14-4-8-18(9-5-14)29-11-15(2)12-30-20-21(27-23(29)30)28(3)24(33)31(22(20)32)13-16-6-7-17(25)10-19(16)26/h4-10,15,20-21,23,27H,11-13H2,1-3H3. The van der Waals surface area contributed by atoms with Gasteiger partial charge in [0.1, 0.15) is 18.5 Å². The average Bonchev–Trinajstić information content (AvgIpc) is 3.16. The van der Waals surface area contributed by atoms with Crippen molar-refractivity contribution >= 4 is 40.8 Å². The summed E-state index contributed by atoms with van der Waals surface area (Å²) in [6.07, 6.45) is -0.567. The molecule has 0 aromatic heterocycles. The van der Waals surface area contributed by atoms with E-state index in [0.29, 0.717) is 21.5 Å². The van der Waals surface area contributed by atoms with Crippen LogP contribution in [0.5, 0.6) is 0 Å². The van der Waals surface area contributed by atoms with E-state index in [1.165, 1.54) is 10.5 Å². The van der Waals surface area contributed by atoms with Gasteiger partial charge >= 0.3 is 6.03 Å². The summed E-state index contributed by atoms with van der Waals surface area (Å²) >= 11 is 12.4. The van der Waals surface area contributed by atoms with Crippen molar-refractivity contribution in [3.63, 3.8) is 0 Å². The van der Waals surface area contributed by atoms with Gasteiger partial charge in [-0.25, -0.2) is 4.79 Å². The van der Waals surface area contributed by atoms with Crippen molar-refractivity contribution in [1.29, 1.82) is 0 Å². The normalized spacial score (nSPS) is 27.7. The third-order valence-electron chi connectivity index (χ3n) is 6.79. The molecule has 4 atom stereocenters. The molecule has 9 heteroatoms. The number of benzene rings is 2. The minimum Gasteiger partial charge on any atom is -0.343 e. The van der Waals surface area contributed by atoms with Crippen LogP contribution in [0.25, 0.3) is 0 Å². The van der Waals surface area contributed by atoms with Crippen LogP contribution >= 0.6 is 23.2 Å². The Morgan fingerprint density at radius 3 is 2.48 bits per heavy atom. The zero-order chi connectivity index (χ0) is 23.4. The number of amides is 3. The number of fused-ring (bicyclic) bond motifs is 3. The summed E-state index contributed by atoms with van der Waals surface area (Å²) in [6, 6.07) is 12.7. The Bertz CT molecular complexity index is 1090. The fraction of sp³-hybridized carbons (Fsp3) is 0.417. The maximum atomic E-state index is 13.7. The number of hydrogen-bond acceptors (Lipinski definition) is 5. The third kappa shape index (κ3) is 3.87. The second kappa shape index (κ2) is 8.47. The highest BCUT2D eigenvalue weighted by Gasteiger charge is 2.56. The molecular formula is C24H27Cl2N5O2. The summed E-state index contributed by atoms with van der Waals surface area (Å²) in [5, 5.41) is 4.51. The van der Waals surface area contributed by atoms with Crippen LogP contribution in [0.3, 0.4) is 0 Å². The van der Waals surface area contributed by atoms with E-state index in [9.17, 15) is 9.59 Å². The van der Waals surface area contributed by atoms with Crippen LogP contribution < -0.4 is 10.2 Å². The Balaban J connectivity index is 1.46. The van der Waals surface area contributed by atoms with Crippen LogP contribution in [-0.2, 0) is 11.3 Å². The predicted molar refractivity (Wildman–Crippen MR) is 129 cm³/mol. The van der Waals surface area contributed by atoms with E-state index < -0.39 is 12.2 Å². The number of imide groups is 1. The molecule has 3 saturated heterocycles. The van der Waals surface area contributed by atoms with E-state index in [1.54, 1.807) is 30.1 Å². The molecule has 5 rings (SSSR count). The quantitative estimate of drug-likeness (QED) is 0.714. The SMILES string of the molecule is Cc1ccc(N2CC(C)CN3C4C(=O)N(Cc5ccc(Cl)cc5Cl)C(=O)N(C)C4NC23)cc1. The van der Waals surface area contributed by atoms with Gasteiger partial charge in [-0.3, -0.25) is 19.9 Å². The lowest BCUT2D eigenvalue weighted by molar-refractivity contribution is -0.139. The molecule has 174 valence electrons. The van der Waals surface area contributed by atoms with Gasteiger partial charge in [0.05, 0.1) is 6.54 Å². The van der Waals surface area contributed by atoms with E-state index in [4.69, 9.17) is 23.2 Å². The number of hydrogen-bond donors (Lipinski definition) is 1. The molecule has 3 aliphatic rings. The number of nitrogens with one attached hydrogen (secondary N) is 1. The van der Waals surface area contributed by atoms with Gasteiger partial charge < -0.3 is 9.80 Å². The van der Waals surface area contributed by atoms with Gasteiger partial charge in [-0.2, -0.15) is 0 Å². The first-order valence-corrected chi connectivity index (χ1v) is 11.9. The number of anilines is 1. The fourth-order valence-corrected chi connectivity index (χ4v) is 5.59. The Labute approximate surface area is 203 Å². The van der Waals surface area contributed by atoms with Crippen molar-refractivity contribution in [3.8, 4) is 0 Å². The summed E-state index contributed by atoms with van der Waals surface area (Å²) in [5.74, 6) is 0.153. The Kier molecular flexibility index (Phi) is 5.77. The maximum absolute atomic E-state index is 13.7. The molecule has 0 aliphatic carbocycles. The summed E-state index contributed by atoms with van der Waals surface area (Å²) in [4.78, 5) is 34.3. The van der Waals surface area contributed by atoms with Gasteiger partial charge in [-0.1, -0.05) is 53.9 Å². The highest BCUT2D eigenvalue weighted by molar-refractivity contribution is 6.35. The molecule has 2 aromatic rings. The van der Waals surface area contributed by atoms with Crippen molar-refractivity contribution < 1.29 is 9.59 Å². The second-order valence-electron chi connectivity index (χ2n) is 9.27. The summed E-state index contributed by atoms with van der Waals surface area (Å²) in [5.41, 5.74) is 2.98. The molecule has 3 heterocycles. The molecule has 0 radical (unpaired) electrons. The first kappa shape index (κ1) is 22.5. The Morgan fingerprint density at radius 1 is 1.06 bits per heavy atom. The minimum absolute atomic E-state index is 0.108. The van der Waals surface area contributed by atoms with E-state index >= 15 is 0 Å². The van der Waals surface area contributed by atoms with Gasteiger partial charge in [-0.15, -0.1) is 0 Å². The molecule has 33 heavy (non-hydrogen) atoms. The number of urea groups is 1.